The summed E-state index contributed by atoms with van der Waals surface area (Å²) in [4.78, 5) is 28.3. The van der Waals surface area contributed by atoms with Crippen molar-refractivity contribution in [1.82, 2.24) is 19.9 Å². The highest BCUT2D eigenvalue weighted by molar-refractivity contribution is 6.34. The zero-order valence-corrected chi connectivity index (χ0v) is 19.4. The molecule has 3 aromatic rings. The van der Waals surface area contributed by atoms with Gasteiger partial charge in [0.25, 0.3) is 0 Å². The summed E-state index contributed by atoms with van der Waals surface area (Å²) in [6.07, 6.45) is -0.611. The molecule has 0 unspecified atom stereocenters. The van der Waals surface area contributed by atoms with Gasteiger partial charge in [-0.05, 0) is 48.6 Å². The average molecular weight is 503 g/mol. The fourth-order valence-corrected chi connectivity index (χ4v) is 4.81. The largest absolute Gasteiger partial charge is 0.418 e. The highest BCUT2D eigenvalue weighted by atomic mass is 35.5. The maximum Gasteiger partial charge on any atom is 0.418 e. The summed E-state index contributed by atoms with van der Waals surface area (Å²) in [6, 6.07) is 4.40. The Bertz CT molecular complexity index is 1330. The third-order valence-corrected chi connectivity index (χ3v) is 6.71. The molecule has 0 atom stereocenters. The highest BCUT2D eigenvalue weighted by Gasteiger charge is 2.42. The van der Waals surface area contributed by atoms with E-state index in [9.17, 15) is 18.0 Å². The molecule has 1 amide bonds. The number of nitrogens with two attached hydrogens (primary N) is 1. The van der Waals surface area contributed by atoms with Gasteiger partial charge in [0, 0.05) is 37.1 Å². The van der Waals surface area contributed by atoms with Crippen LogP contribution in [0.15, 0.2) is 37.2 Å². The molecule has 35 heavy (non-hydrogen) atoms. The van der Waals surface area contributed by atoms with Gasteiger partial charge in [-0.1, -0.05) is 18.2 Å². The fourth-order valence-electron chi connectivity index (χ4n) is 4.56. The summed E-state index contributed by atoms with van der Waals surface area (Å²) in [5.41, 5.74) is 5.54. The monoisotopic (exact) mass is 502 g/mol. The third-order valence-electron chi connectivity index (χ3n) is 6.39. The second-order valence-corrected chi connectivity index (χ2v) is 9.10. The summed E-state index contributed by atoms with van der Waals surface area (Å²) in [5.74, 6) is 0.298. The summed E-state index contributed by atoms with van der Waals surface area (Å²) < 4.78 is 42.6. The van der Waals surface area contributed by atoms with Crippen LogP contribution < -0.4 is 10.6 Å². The quantitative estimate of drug-likeness (QED) is 0.522. The Morgan fingerprint density at radius 1 is 1.14 bits per heavy atom. The minimum Gasteiger partial charge on any atom is -0.384 e. The first-order chi connectivity index (χ1) is 16.7. The van der Waals surface area contributed by atoms with E-state index in [1.54, 1.807) is 11.0 Å². The second-order valence-electron chi connectivity index (χ2n) is 8.69. The number of nitrogen functional groups attached to an aromatic ring is 1. The van der Waals surface area contributed by atoms with Crippen molar-refractivity contribution in [2.45, 2.75) is 24.9 Å². The van der Waals surface area contributed by atoms with Gasteiger partial charge in [-0.3, -0.25) is 4.79 Å². The summed E-state index contributed by atoms with van der Waals surface area (Å²) in [5, 5.41) is 0.698. The van der Waals surface area contributed by atoms with Crippen molar-refractivity contribution >= 4 is 40.0 Å². The van der Waals surface area contributed by atoms with Gasteiger partial charge in [-0.25, -0.2) is 15.0 Å². The number of benzene rings is 1. The van der Waals surface area contributed by atoms with Crippen LogP contribution in [0, 0.1) is 0 Å². The fraction of sp³-hybridized carbons (Fsp3) is 0.333. The minimum atomic E-state index is -4.62. The van der Waals surface area contributed by atoms with Crippen molar-refractivity contribution in [3.63, 3.8) is 0 Å². The van der Waals surface area contributed by atoms with Crippen LogP contribution in [0.1, 0.15) is 29.9 Å². The Balaban J connectivity index is 1.58. The molecule has 0 spiro atoms. The number of anilines is 2. The third kappa shape index (κ3) is 4.38. The van der Waals surface area contributed by atoms with Crippen LogP contribution in [-0.4, -0.2) is 51.9 Å². The normalized spacial score (nSPS) is 16.6. The molecule has 5 rings (SSSR count). The number of amides is 1. The summed E-state index contributed by atoms with van der Waals surface area (Å²) in [7, 11) is 0. The topological polar surface area (TPSA) is 88.2 Å². The van der Waals surface area contributed by atoms with Crippen LogP contribution in [-0.2, 0) is 11.0 Å². The van der Waals surface area contributed by atoms with Crippen LogP contribution in [0.4, 0.5) is 24.8 Å². The number of alkyl halides is 3. The van der Waals surface area contributed by atoms with E-state index in [2.05, 4.69) is 21.5 Å². The molecule has 0 bridgehead atoms. The first-order valence-electron chi connectivity index (χ1n) is 11.2. The van der Waals surface area contributed by atoms with Gasteiger partial charge in [0.2, 0.25) is 5.91 Å². The maximum absolute atomic E-state index is 14.2. The molecule has 1 aliphatic carbocycles. The SMILES string of the molecule is C=CC(=O)N1CCN(c2ncnc3cc(-c4nc(N)cc(C5CC5)c4C(F)(F)F)c(Cl)cc23)CC1. The Hall–Kier alpha value is -3.40. The van der Waals surface area contributed by atoms with Crippen molar-refractivity contribution in [1.29, 1.82) is 0 Å². The number of aromatic nitrogens is 3. The van der Waals surface area contributed by atoms with E-state index in [4.69, 9.17) is 17.3 Å². The molecule has 2 aromatic heterocycles. The molecule has 2 N–H and O–H groups in total. The molecule has 1 aliphatic heterocycles. The number of rotatable bonds is 4. The number of halogens is 4. The van der Waals surface area contributed by atoms with Gasteiger partial charge in [0.05, 0.1) is 21.8 Å². The molecule has 0 radical (unpaired) electrons. The number of fused-ring (bicyclic) bond motifs is 1. The van der Waals surface area contributed by atoms with Crippen molar-refractivity contribution in [3.05, 3.63) is 53.3 Å². The number of hydrogen-bond donors (Lipinski definition) is 1. The lowest BCUT2D eigenvalue weighted by molar-refractivity contribution is -0.137. The lowest BCUT2D eigenvalue weighted by Crippen LogP contribution is -2.48. The van der Waals surface area contributed by atoms with Gasteiger partial charge in [0.15, 0.2) is 0 Å². The van der Waals surface area contributed by atoms with Gasteiger partial charge in [-0.15, -0.1) is 0 Å². The van der Waals surface area contributed by atoms with Crippen molar-refractivity contribution in [2.75, 3.05) is 36.8 Å². The molecule has 11 heteroatoms. The second kappa shape index (κ2) is 8.67. The molecule has 3 heterocycles. The molecular weight excluding hydrogens is 481 g/mol. The highest BCUT2D eigenvalue weighted by Crippen LogP contribution is 2.50. The van der Waals surface area contributed by atoms with E-state index in [1.807, 2.05) is 4.90 Å². The standard InChI is InChI=1S/C24H22ClF3N6O/c1-2-20(35)33-5-7-34(8-6-33)23-16-9-17(25)15(10-18(16)30-12-31-23)22-21(24(26,27)28)14(13-3-4-13)11-19(29)32-22/h2,9-13H,1,3-8H2,(H2,29,32). The van der Waals surface area contributed by atoms with Gasteiger partial charge in [0.1, 0.15) is 18.0 Å². The maximum atomic E-state index is 14.2. The predicted molar refractivity (Wildman–Crippen MR) is 128 cm³/mol. The van der Waals surface area contributed by atoms with Gasteiger partial charge >= 0.3 is 6.18 Å². The van der Waals surface area contributed by atoms with Crippen LogP contribution in [0.5, 0.6) is 0 Å². The first kappa shape index (κ1) is 23.3. The van der Waals surface area contributed by atoms with Crippen LogP contribution in [0.25, 0.3) is 22.2 Å². The molecule has 2 fully saturated rings. The number of carbonyl (C=O) groups excluding carboxylic acids is 1. The predicted octanol–water partition coefficient (Wildman–Crippen LogP) is 4.66. The van der Waals surface area contributed by atoms with E-state index in [1.165, 1.54) is 24.5 Å². The number of nitrogens with zero attached hydrogens (tertiary/aromatic N) is 5. The molecule has 182 valence electrons. The van der Waals surface area contributed by atoms with Crippen molar-refractivity contribution in [3.8, 4) is 11.3 Å². The molecule has 1 aromatic carbocycles. The Morgan fingerprint density at radius 2 is 1.86 bits per heavy atom. The van der Waals surface area contributed by atoms with Gasteiger partial charge < -0.3 is 15.5 Å². The first-order valence-corrected chi connectivity index (χ1v) is 11.5. The molecule has 7 nitrogen and oxygen atoms in total. The van der Waals surface area contributed by atoms with E-state index in [0.717, 1.165) is 0 Å². The zero-order chi connectivity index (χ0) is 24.9. The van der Waals surface area contributed by atoms with E-state index in [0.29, 0.717) is 55.7 Å². The smallest absolute Gasteiger partial charge is 0.384 e. The number of pyridine rings is 1. The van der Waals surface area contributed by atoms with E-state index in [-0.39, 0.29) is 39.5 Å². The summed E-state index contributed by atoms with van der Waals surface area (Å²) >= 11 is 6.57. The Morgan fingerprint density at radius 3 is 2.49 bits per heavy atom. The van der Waals surface area contributed by atoms with Crippen LogP contribution >= 0.6 is 11.6 Å². The molecule has 2 aliphatic rings. The molecular formula is C24H22ClF3N6O. The van der Waals surface area contributed by atoms with Crippen LogP contribution in [0.2, 0.25) is 5.02 Å². The van der Waals surface area contributed by atoms with Gasteiger partial charge in [-0.2, -0.15) is 13.2 Å². The van der Waals surface area contributed by atoms with Crippen molar-refractivity contribution in [2.24, 2.45) is 0 Å². The zero-order valence-electron chi connectivity index (χ0n) is 18.6. The molecule has 1 saturated heterocycles. The number of piperazine rings is 1. The Labute approximate surface area is 204 Å². The van der Waals surface area contributed by atoms with Crippen molar-refractivity contribution < 1.29 is 18.0 Å². The Kier molecular flexibility index (Phi) is 5.79. The van der Waals surface area contributed by atoms with E-state index >= 15 is 0 Å². The number of carbonyl (C=O) groups is 1. The lowest BCUT2D eigenvalue weighted by atomic mass is 9.96. The molecule has 1 saturated carbocycles. The van der Waals surface area contributed by atoms with Crippen LogP contribution in [0.3, 0.4) is 0 Å². The average Bonchev–Trinajstić information content (AvgIpc) is 3.67. The minimum absolute atomic E-state index is 0.0152. The van der Waals surface area contributed by atoms with E-state index < -0.39 is 11.7 Å². The number of hydrogen-bond acceptors (Lipinski definition) is 6. The lowest BCUT2D eigenvalue weighted by Gasteiger charge is -2.35. The summed E-state index contributed by atoms with van der Waals surface area (Å²) in [6.45, 7) is 5.57.